The molecule has 1 aliphatic rings. The van der Waals surface area contributed by atoms with E-state index in [1.807, 2.05) is 30.0 Å². The number of thioether (sulfide) groups is 1. The highest BCUT2D eigenvalue weighted by Gasteiger charge is 2.33. The number of benzene rings is 1. The molecule has 2 nitrogen and oxygen atoms in total. The van der Waals surface area contributed by atoms with E-state index in [4.69, 9.17) is 0 Å². The molecule has 3 atom stereocenters. The Balaban J connectivity index is 1.94. The van der Waals surface area contributed by atoms with E-state index in [0.29, 0.717) is 5.92 Å². The smallest absolute Gasteiger partial charge is 0.307 e. The van der Waals surface area contributed by atoms with Crippen molar-refractivity contribution in [2.24, 2.45) is 11.8 Å². The monoisotopic (exact) mass is 264 g/mol. The first-order chi connectivity index (χ1) is 8.66. The van der Waals surface area contributed by atoms with Crippen LogP contribution in [0.25, 0.3) is 0 Å². The number of rotatable bonds is 4. The zero-order chi connectivity index (χ0) is 13.0. The second kappa shape index (κ2) is 6.28. The maximum absolute atomic E-state index is 11.3. The molecule has 98 valence electrons. The molecular weight excluding hydrogens is 244 g/mol. The van der Waals surface area contributed by atoms with Gasteiger partial charge in [-0.05, 0) is 30.7 Å². The predicted octanol–water partition coefficient (Wildman–Crippen LogP) is 3.81. The van der Waals surface area contributed by atoms with Crippen LogP contribution in [0.2, 0.25) is 0 Å². The second-order valence-electron chi connectivity index (χ2n) is 5.20. The molecule has 0 radical (unpaired) electrons. The number of carbonyl (C=O) groups is 1. The first kappa shape index (κ1) is 13.5. The van der Waals surface area contributed by atoms with Crippen LogP contribution in [0, 0.1) is 11.8 Å². The molecule has 0 saturated heterocycles. The van der Waals surface area contributed by atoms with Crippen LogP contribution in [-0.2, 0) is 10.5 Å². The minimum absolute atomic E-state index is 0.157. The average Bonchev–Trinajstić information content (AvgIpc) is 2.37. The topological polar surface area (TPSA) is 37.3 Å². The van der Waals surface area contributed by atoms with Gasteiger partial charge in [0.1, 0.15) is 0 Å². The number of aliphatic carboxylic acids is 1. The summed E-state index contributed by atoms with van der Waals surface area (Å²) in [5, 5.41) is 9.55. The highest BCUT2D eigenvalue weighted by atomic mass is 32.2. The highest BCUT2D eigenvalue weighted by Crippen LogP contribution is 2.37. The second-order valence-corrected chi connectivity index (χ2v) is 6.43. The lowest BCUT2D eigenvalue weighted by Crippen LogP contribution is -2.32. The van der Waals surface area contributed by atoms with Gasteiger partial charge in [-0.25, -0.2) is 0 Å². The van der Waals surface area contributed by atoms with E-state index in [-0.39, 0.29) is 11.2 Å². The number of hydrogen-bond donors (Lipinski definition) is 1. The molecule has 0 aliphatic heterocycles. The van der Waals surface area contributed by atoms with Gasteiger partial charge in [-0.1, -0.05) is 37.3 Å². The van der Waals surface area contributed by atoms with E-state index in [1.165, 1.54) is 5.56 Å². The first-order valence-electron chi connectivity index (χ1n) is 6.55. The van der Waals surface area contributed by atoms with E-state index in [1.54, 1.807) is 0 Å². The third-order valence-electron chi connectivity index (χ3n) is 3.68. The van der Waals surface area contributed by atoms with Crippen molar-refractivity contribution in [2.45, 2.75) is 37.2 Å². The van der Waals surface area contributed by atoms with Gasteiger partial charge in [-0.15, -0.1) is 0 Å². The molecule has 1 fully saturated rings. The Labute approximate surface area is 113 Å². The van der Waals surface area contributed by atoms with Crippen molar-refractivity contribution in [1.82, 2.24) is 0 Å². The van der Waals surface area contributed by atoms with Gasteiger partial charge in [0.25, 0.3) is 0 Å². The van der Waals surface area contributed by atoms with Crippen molar-refractivity contribution in [2.75, 3.05) is 0 Å². The summed E-state index contributed by atoms with van der Waals surface area (Å²) in [5.74, 6) is 0.804. The largest absolute Gasteiger partial charge is 0.481 e. The minimum atomic E-state index is -0.618. The molecule has 18 heavy (non-hydrogen) atoms. The van der Waals surface area contributed by atoms with E-state index in [0.717, 1.165) is 25.0 Å². The minimum Gasteiger partial charge on any atom is -0.481 e. The molecule has 0 aromatic heterocycles. The van der Waals surface area contributed by atoms with Gasteiger partial charge in [-0.3, -0.25) is 4.79 Å². The van der Waals surface area contributed by atoms with Gasteiger partial charge in [0.05, 0.1) is 5.92 Å². The number of carboxylic acid groups (broad SMARTS) is 1. The van der Waals surface area contributed by atoms with E-state index >= 15 is 0 Å². The molecule has 1 aromatic rings. The van der Waals surface area contributed by atoms with Crippen molar-refractivity contribution in [3.8, 4) is 0 Å². The van der Waals surface area contributed by atoms with Gasteiger partial charge >= 0.3 is 5.97 Å². The Kier molecular flexibility index (Phi) is 4.70. The maximum Gasteiger partial charge on any atom is 0.307 e. The molecule has 1 aromatic carbocycles. The van der Waals surface area contributed by atoms with Crippen molar-refractivity contribution >= 4 is 17.7 Å². The predicted molar refractivity (Wildman–Crippen MR) is 75.7 cm³/mol. The Morgan fingerprint density at radius 3 is 2.72 bits per heavy atom. The maximum atomic E-state index is 11.3. The first-order valence-corrected chi connectivity index (χ1v) is 7.60. The summed E-state index contributed by atoms with van der Waals surface area (Å²) < 4.78 is 0. The molecule has 0 bridgehead atoms. The molecule has 1 aliphatic carbocycles. The Morgan fingerprint density at radius 2 is 2.06 bits per heavy atom. The molecule has 0 amide bonds. The van der Waals surface area contributed by atoms with Gasteiger partial charge in [-0.2, -0.15) is 11.8 Å². The number of carboxylic acids is 1. The van der Waals surface area contributed by atoms with Gasteiger partial charge in [0, 0.05) is 11.0 Å². The summed E-state index contributed by atoms with van der Waals surface area (Å²) >= 11 is 1.81. The Bertz CT molecular complexity index is 391. The summed E-state index contributed by atoms with van der Waals surface area (Å²) in [6, 6.07) is 10.3. The summed E-state index contributed by atoms with van der Waals surface area (Å²) in [6.45, 7) is 2.23. The van der Waals surface area contributed by atoms with E-state index < -0.39 is 5.97 Å². The molecular formula is C15H20O2S. The summed E-state index contributed by atoms with van der Waals surface area (Å²) in [4.78, 5) is 11.3. The SMILES string of the molecule is CC1CCC(C(=O)O)C(SCc2ccccc2)C1. The molecule has 3 heteroatoms. The van der Waals surface area contributed by atoms with Gasteiger partial charge < -0.3 is 5.11 Å². The van der Waals surface area contributed by atoms with Crippen molar-refractivity contribution in [3.05, 3.63) is 35.9 Å². The lowest BCUT2D eigenvalue weighted by molar-refractivity contribution is -0.142. The molecule has 0 heterocycles. The lowest BCUT2D eigenvalue weighted by Gasteiger charge is -2.31. The van der Waals surface area contributed by atoms with Crippen LogP contribution in [0.1, 0.15) is 31.7 Å². The summed E-state index contributed by atoms with van der Waals surface area (Å²) in [7, 11) is 0. The average molecular weight is 264 g/mol. The van der Waals surface area contributed by atoms with Crippen LogP contribution in [-0.4, -0.2) is 16.3 Å². The Morgan fingerprint density at radius 1 is 1.33 bits per heavy atom. The van der Waals surface area contributed by atoms with Crippen LogP contribution in [0.4, 0.5) is 0 Å². The van der Waals surface area contributed by atoms with Crippen LogP contribution >= 0.6 is 11.8 Å². The zero-order valence-corrected chi connectivity index (χ0v) is 11.5. The van der Waals surface area contributed by atoms with Gasteiger partial charge in [0.2, 0.25) is 0 Å². The van der Waals surface area contributed by atoms with Crippen LogP contribution in [0.3, 0.4) is 0 Å². The van der Waals surface area contributed by atoms with Gasteiger partial charge in [0.15, 0.2) is 0 Å². The van der Waals surface area contributed by atoms with Crippen LogP contribution in [0.15, 0.2) is 30.3 Å². The molecule has 0 spiro atoms. The fourth-order valence-corrected chi connectivity index (χ4v) is 4.12. The van der Waals surface area contributed by atoms with Crippen molar-refractivity contribution < 1.29 is 9.90 Å². The highest BCUT2D eigenvalue weighted by molar-refractivity contribution is 7.99. The van der Waals surface area contributed by atoms with Crippen LogP contribution < -0.4 is 0 Å². The lowest BCUT2D eigenvalue weighted by atomic mass is 9.82. The van der Waals surface area contributed by atoms with E-state index in [9.17, 15) is 9.90 Å². The fourth-order valence-electron chi connectivity index (χ4n) is 2.57. The standard InChI is InChI=1S/C15H20O2S/c1-11-7-8-13(15(16)17)14(9-11)18-10-12-5-3-2-4-6-12/h2-6,11,13-14H,7-10H2,1H3,(H,16,17). The molecule has 2 rings (SSSR count). The summed E-state index contributed by atoms with van der Waals surface area (Å²) in [6.07, 6.45) is 2.93. The summed E-state index contributed by atoms with van der Waals surface area (Å²) in [5.41, 5.74) is 1.28. The van der Waals surface area contributed by atoms with Crippen LogP contribution in [0.5, 0.6) is 0 Å². The Hall–Kier alpha value is -0.960. The normalized spacial score (nSPS) is 27.9. The van der Waals surface area contributed by atoms with E-state index in [2.05, 4.69) is 19.1 Å². The third-order valence-corrected chi connectivity index (χ3v) is 5.13. The number of hydrogen-bond acceptors (Lipinski definition) is 2. The van der Waals surface area contributed by atoms with Crippen molar-refractivity contribution in [3.63, 3.8) is 0 Å². The fraction of sp³-hybridized carbons (Fsp3) is 0.533. The zero-order valence-electron chi connectivity index (χ0n) is 10.7. The van der Waals surface area contributed by atoms with Crippen molar-refractivity contribution in [1.29, 1.82) is 0 Å². The molecule has 1 N–H and O–H groups in total. The molecule has 3 unspecified atom stereocenters. The quantitative estimate of drug-likeness (QED) is 0.898. The third kappa shape index (κ3) is 3.52. The molecule has 1 saturated carbocycles.